The molecule has 0 bridgehead atoms. The van der Waals surface area contributed by atoms with Crippen molar-refractivity contribution in [1.29, 1.82) is 0 Å². The van der Waals surface area contributed by atoms with Gasteiger partial charge < -0.3 is 37.7 Å². The Morgan fingerprint density at radius 3 is 1.00 bits per heavy atom. The first-order valence-electron chi connectivity index (χ1n) is 0.735. The van der Waals surface area contributed by atoms with E-state index in [2.05, 4.69) is 0 Å². The minimum absolute atomic E-state index is 0. The van der Waals surface area contributed by atoms with Crippen molar-refractivity contribution in [2.24, 2.45) is 0 Å². The fourth-order valence-corrected chi connectivity index (χ4v) is 0. The van der Waals surface area contributed by atoms with Gasteiger partial charge in [-0.1, -0.05) is 0 Å². The molecule has 0 aliphatic carbocycles. The fraction of sp³-hybridized carbons (Fsp3) is 0. The molecule has 68 valence electrons. The monoisotopic (exact) mass is 258 g/mol. The van der Waals surface area contributed by atoms with Crippen LogP contribution in [-0.2, 0) is 21.7 Å². The third kappa shape index (κ3) is 174. The van der Waals surface area contributed by atoms with E-state index in [1.54, 1.807) is 0 Å². The van der Waals surface area contributed by atoms with Crippen molar-refractivity contribution in [1.82, 2.24) is 0 Å². The molecular formula is H14BFKLiMgO6Ti. The summed E-state index contributed by atoms with van der Waals surface area (Å²) in [4.78, 5) is 0. The van der Waals surface area contributed by atoms with Gasteiger partial charge in [0.15, 0.2) is 0 Å². The molecule has 0 radical (unpaired) electrons. The Hall–Kier alpha value is 3.47. The molecule has 0 rings (SSSR count). The average molecular weight is 258 g/mol. The van der Waals surface area contributed by atoms with Crippen LogP contribution in [0.25, 0.3) is 0 Å². The van der Waals surface area contributed by atoms with Crippen LogP contribution in [0.5, 0.6) is 0 Å². The van der Waals surface area contributed by atoms with E-state index in [0.717, 1.165) is 0 Å². The van der Waals surface area contributed by atoms with Crippen LogP contribution >= 0.6 is 0 Å². The molecule has 0 atom stereocenters. The molecule has 10 N–H and O–H groups in total. The molecule has 0 aliphatic rings. The molecule has 0 saturated heterocycles. The second-order valence-corrected chi connectivity index (χ2v) is 0.311. The van der Waals surface area contributed by atoms with E-state index in [0.29, 0.717) is 0 Å². The van der Waals surface area contributed by atoms with E-state index >= 15 is 0 Å². The van der Waals surface area contributed by atoms with Crippen molar-refractivity contribution >= 4 is 30.4 Å². The summed E-state index contributed by atoms with van der Waals surface area (Å²) in [5, 5.41) is 13.9. The summed E-state index contributed by atoms with van der Waals surface area (Å²) in [5.74, 6) is 0. The smallest absolute Gasteiger partial charge is 1.00 e. The molecule has 0 aromatic carbocycles. The van der Waals surface area contributed by atoms with Gasteiger partial charge >= 0.3 is 101 Å². The molecule has 0 amide bonds. The molecular weight excluding hydrogens is 244 g/mol. The van der Waals surface area contributed by atoms with Crippen molar-refractivity contribution in [2.75, 3.05) is 0 Å². The molecule has 0 saturated carbocycles. The molecule has 0 aromatic rings. The summed E-state index contributed by atoms with van der Waals surface area (Å²) in [6.45, 7) is 0. The zero-order valence-corrected chi connectivity index (χ0v) is 13.2. The van der Waals surface area contributed by atoms with E-state index in [1.807, 2.05) is 0 Å². The molecule has 12 heteroatoms. The first-order valence-corrected chi connectivity index (χ1v) is 0.735. The van der Waals surface area contributed by atoms with E-state index < -0.39 is 7.40 Å². The Morgan fingerprint density at radius 2 is 1.00 bits per heavy atom. The van der Waals surface area contributed by atoms with Gasteiger partial charge in [-0.25, -0.2) is 0 Å². The van der Waals surface area contributed by atoms with Crippen LogP contribution in [0.1, 0.15) is 5.71 Å². The zero-order chi connectivity index (χ0) is 3.58. The van der Waals surface area contributed by atoms with Crippen LogP contribution in [0.4, 0.5) is 4.32 Å². The van der Waals surface area contributed by atoms with Crippen LogP contribution < -0.4 is 70.2 Å². The van der Waals surface area contributed by atoms with E-state index in [-0.39, 0.29) is 143 Å². The van der Waals surface area contributed by atoms with Crippen LogP contribution in [0.2, 0.25) is 0 Å². The zero-order valence-electron chi connectivity index (χ0n) is 11.1. The summed E-state index contributed by atoms with van der Waals surface area (Å²) in [7, 11) is -2.67. The Morgan fingerprint density at radius 1 is 1.00 bits per heavy atom. The van der Waals surface area contributed by atoms with Gasteiger partial charge in [-0.05, 0) is 0 Å². The molecule has 0 fully saturated rings. The van der Waals surface area contributed by atoms with E-state index in [4.69, 9.17) is 10.0 Å². The summed E-state index contributed by atoms with van der Waals surface area (Å²) in [6, 6.07) is 0. The molecule has 6 nitrogen and oxygen atoms in total. The first-order chi connectivity index (χ1) is 1.73. The standard InChI is InChI=1S/BFH2O2.K.Li.Mg.4H2O.Ti.4H/c2-1(3)4;;;;;;;;;;;;/h3-4H;;;;4*1H2;;;;;/q;2*+1;+2;;;;;;4*-1. The van der Waals surface area contributed by atoms with Gasteiger partial charge in [0.1, 0.15) is 0 Å². The second kappa shape index (κ2) is 62.7. The number of hydrogen-bond donors (Lipinski definition) is 2. The molecule has 0 spiro atoms. The van der Waals surface area contributed by atoms with Gasteiger partial charge in [-0.3, -0.25) is 4.32 Å². The van der Waals surface area contributed by atoms with Gasteiger partial charge in [-0.15, -0.1) is 0 Å². The van der Waals surface area contributed by atoms with Crippen LogP contribution in [-0.4, -0.2) is 62.4 Å². The first kappa shape index (κ1) is 77.4. The van der Waals surface area contributed by atoms with Crippen molar-refractivity contribution in [3.05, 3.63) is 0 Å². The Kier molecular flexibility index (Phi) is 404. The Balaban J connectivity index is -0.000000000682. The average Bonchev–Trinajstić information content (AvgIpc) is 0.811. The second-order valence-electron chi connectivity index (χ2n) is 0.311. The minimum atomic E-state index is -2.67. The maximum Gasteiger partial charge on any atom is 2.00 e. The molecule has 0 heterocycles. The van der Waals surface area contributed by atoms with E-state index in [1.165, 1.54) is 0 Å². The van der Waals surface area contributed by atoms with Gasteiger partial charge in [0.25, 0.3) is 0 Å². The van der Waals surface area contributed by atoms with Crippen molar-refractivity contribution in [3.63, 3.8) is 0 Å². The van der Waals surface area contributed by atoms with Crippen molar-refractivity contribution < 1.29 is 134 Å². The third-order valence-electron chi connectivity index (χ3n) is 0. The topological polar surface area (TPSA) is 166 Å². The number of halogens is 1. The fourth-order valence-electron chi connectivity index (χ4n) is 0. The van der Waals surface area contributed by atoms with Crippen LogP contribution in [0.15, 0.2) is 0 Å². The van der Waals surface area contributed by atoms with Crippen LogP contribution in [0.3, 0.4) is 0 Å². The summed E-state index contributed by atoms with van der Waals surface area (Å²) >= 11 is 0. The van der Waals surface area contributed by atoms with E-state index in [9.17, 15) is 4.32 Å². The predicted octanol–water partition coefficient (Wildman–Crippen LogP) is -10.3. The normalized spacial score (nSPS) is 2.25. The SMILES string of the molecule is O.O.O.O.OB(O)F.[H-].[H-].[H-].[H-].[K+].[Li+].[Mg+2].[Ti]. The molecule has 12 heavy (non-hydrogen) atoms. The van der Waals surface area contributed by atoms with Crippen molar-refractivity contribution in [3.8, 4) is 0 Å². The Labute approximate surface area is 161 Å². The van der Waals surface area contributed by atoms with Gasteiger partial charge in [0, 0.05) is 21.7 Å². The summed E-state index contributed by atoms with van der Waals surface area (Å²) in [5.41, 5.74) is 0. The number of hydrogen-bond acceptors (Lipinski definition) is 2. The molecule has 0 aromatic heterocycles. The maximum atomic E-state index is 10.1. The number of rotatable bonds is 0. The third-order valence-corrected chi connectivity index (χ3v) is 0. The predicted molar refractivity (Wildman–Crippen MR) is 36.0 cm³/mol. The van der Waals surface area contributed by atoms with Gasteiger partial charge in [0.05, 0.1) is 0 Å². The molecule has 0 unspecified atom stereocenters. The van der Waals surface area contributed by atoms with Crippen molar-refractivity contribution in [2.45, 2.75) is 0 Å². The van der Waals surface area contributed by atoms with Gasteiger partial charge in [-0.2, -0.15) is 0 Å². The Bertz CT molecular complexity index is 45.2. The van der Waals surface area contributed by atoms with Gasteiger partial charge in [0.2, 0.25) is 0 Å². The summed E-state index contributed by atoms with van der Waals surface area (Å²) < 4.78 is 10.1. The minimum Gasteiger partial charge on any atom is -1.00 e. The molecule has 0 aliphatic heterocycles. The summed E-state index contributed by atoms with van der Waals surface area (Å²) in [6.07, 6.45) is 0. The largest absolute Gasteiger partial charge is 2.00 e. The van der Waals surface area contributed by atoms with Crippen LogP contribution in [0, 0.1) is 0 Å². The quantitative estimate of drug-likeness (QED) is 0.412. The maximum absolute atomic E-state index is 10.1.